The van der Waals surface area contributed by atoms with Crippen molar-refractivity contribution in [3.63, 3.8) is 0 Å². The first-order chi connectivity index (χ1) is 5.61. The first kappa shape index (κ1) is 9.10. The van der Waals surface area contributed by atoms with Crippen LogP contribution in [-0.4, -0.2) is 29.0 Å². The van der Waals surface area contributed by atoms with Crippen LogP contribution in [0.15, 0.2) is 12.3 Å². The Morgan fingerprint density at radius 1 is 1.50 bits per heavy atom. The molecule has 3 heteroatoms. The summed E-state index contributed by atoms with van der Waals surface area (Å²) in [6, 6.07) is 0. The number of hydrogen-bond donors (Lipinski definition) is 1. The molecular formula is C9H15NO2. The molecule has 1 saturated heterocycles. The van der Waals surface area contributed by atoms with Gasteiger partial charge in [-0.05, 0) is 12.8 Å². The zero-order valence-electron chi connectivity index (χ0n) is 7.42. The average molecular weight is 169 g/mol. The average Bonchev–Trinajstić information content (AvgIpc) is 2.04. The highest BCUT2D eigenvalue weighted by Crippen LogP contribution is 2.21. The Bertz CT molecular complexity index is 171. The molecule has 0 atom stereocenters. The van der Waals surface area contributed by atoms with E-state index in [0.29, 0.717) is 0 Å². The Balaban J connectivity index is 2.39. The number of allylic oxidation sites excluding steroid dienone is 1. The van der Waals surface area contributed by atoms with Crippen molar-refractivity contribution in [1.82, 2.24) is 4.90 Å². The van der Waals surface area contributed by atoms with Crippen molar-refractivity contribution in [2.24, 2.45) is 5.92 Å². The van der Waals surface area contributed by atoms with Crippen LogP contribution in [-0.2, 0) is 4.79 Å². The molecule has 0 spiro atoms. The number of carbonyl (C=O) groups is 1. The van der Waals surface area contributed by atoms with Crippen LogP contribution >= 0.6 is 0 Å². The third-order valence-electron chi connectivity index (χ3n) is 2.41. The van der Waals surface area contributed by atoms with Gasteiger partial charge in [0.15, 0.2) is 0 Å². The van der Waals surface area contributed by atoms with Crippen molar-refractivity contribution in [2.45, 2.75) is 19.8 Å². The molecule has 0 aromatic carbocycles. The first-order valence-electron chi connectivity index (χ1n) is 4.24. The van der Waals surface area contributed by atoms with Gasteiger partial charge in [0.2, 0.25) is 5.91 Å². The largest absolute Gasteiger partial charge is 0.513 e. The van der Waals surface area contributed by atoms with E-state index in [1.807, 2.05) is 0 Å². The number of nitrogens with zero attached hydrogens (tertiary/aromatic N) is 1. The Labute approximate surface area is 72.7 Å². The van der Waals surface area contributed by atoms with Crippen LogP contribution in [0.5, 0.6) is 0 Å². The second kappa shape index (κ2) is 3.61. The SMILES string of the molecule is C=C(O)C1CCN(C(C)=O)CC1. The highest BCUT2D eigenvalue weighted by Gasteiger charge is 2.21. The van der Waals surface area contributed by atoms with Crippen molar-refractivity contribution >= 4 is 5.91 Å². The lowest BCUT2D eigenvalue weighted by molar-refractivity contribution is -0.130. The topological polar surface area (TPSA) is 40.5 Å². The van der Waals surface area contributed by atoms with E-state index >= 15 is 0 Å². The molecule has 0 bridgehead atoms. The van der Waals surface area contributed by atoms with Gasteiger partial charge in [-0.1, -0.05) is 6.58 Å². The summed E-state index contributed by atoms with van der Waals surface area (Å²) in [6.45, 7) is 6.58. The van der Waals surface area contributed by atoms with Gasteiger partial charge < -0.3 is 10.0 Å². The van der Waals surface area contributed by atoms with E-state index in [4.69, 9.17) is 5.11 Å². The standard InChI is InChI=1S/C9H15NO2/c1-7(11)9-3-5-10(6-4-9)8(2)12/h9,11H,1,3-6H2,2H3. The van der Waals surface area contributed by atoms with E-state index in [0.717, 1.165) is 25.9 Å². The van der Waals surface area contributed by atoms with Crippen molar-refractivity contribution in [3.8, 4) is 0 Å². The van der Waals surface area contributed by atoms with E-state index in [-0.39, 0.29) is 17.6 Å². The number of aliphatic hydroxyl groups is 1. The predicted molar refractivity (Wildman–Crippen MR) is 46.7 cm³/mol. The van der Waals surface area contributed by atoms with Crippen LogP contribution in [0.3, 0.4) is 0 Å². The van der Waals surface area contributed by atoms with Gasteiger partial charge in [0.25, 0.3) is 0 Å². The zero-order valence-corrected chi connectivity index (χ0v) is 7.42. The van der Waals surface area contributed by atoms with E-state index in [9.17, 15) is 4.79 Å². The van der Waals surface area contributed by atoms with Crippen molar-refractivity contribution in [2.75, 3.05) is 13.1 Å². The molecule has 0 saturated carbocycles. The zero-order chi connectivity index (χ0) is 9.14. The lowest BCUT2D eigenvalue weighted by Crippen LogP contribution is -2.37. The minimum atomic E-state index is 0.122. The van der Waals surface area contributed by atoms with Crippen molar-refractivity contribution in [3.05, 3.63) is 12.3 Å². The third-order valence-corrected chi connectivity index (χ3v) is 2.41. The van der Waals surface area contributed by atoms with Gasteiger partial charge in [-0.15, -0.1) is 0 Å². The summed E-state index contributed by atoms with van der Waals surface area (Å²) < 4.78 is 0. The van der Waals surface area contributed by atoms with Gasteiger partial charge in [-0.2, -0.15) is 0 Å². The van der Waals surface area contributed by atoms with Crippen LogP contribution in [0.2, 0.25) is 0 Å². The molecule has 0 aromatic heterocycles. The van der Waals surface area contributed by atoms with Gasteiger partial charge in [-0.25, -0.2) is 0 Å². The summed E-state index contributed by atoms with van der Waals surface area (Å²) in [5, 5.41) is 9.10. The second-order valence-electron chi connectivity index (χ2n) is 3.27. The number of amides is 1. The van der Waals surface area contributed by atoms with Crippen LogP contribution in [0, 0.1) is 5.92 Å². The van der Waals surface area contributed by atoms with Crippen LogP contribution in [0.4, 0.5) is 0 Å². The molecule has 1 aliphatic heterocycles. The number of carbonyl (C=O) groups excluding carboxylic acids is 1. The molecule has 1 aliphatic rings. The molecule has 12 heavy (non-hydrogen) atoms. The highest BCUT2D eigenvalue weighted by molar-refractivity contribution is 5.73. The molecule has 0 aromatic rings. The maximum atomic E-state index is 10.9. The Morgan fingerprint density at radius 2 is 2.00 bits per heavy atom. The Hall–Kier alpha value is -0.990. The highest BCUT2D eigenvalue weighted by atomic mass is 16.3. The summed E-state index contributed by atoms with van der Waals surface area (Å²) in [7, 11) is 0. The molecular weight excluding hydrogens is 154 g/mol. The van der Waals surface area contributed by atoms with E-state index in [1.54, 1.807) is 11.8 Å². The smallest absolute Gasteiger partial charge is 0.219 e. The van der Waals surface area contributed by atoms with E-state index in [1.165, 1.54) is 0 Å². The van der Waals surface area contributed by atoms with E-state index < -0.39 is 0 Å². The van der Waals surface area contributed by atoms with Crippen molar-refractivity contribution in [1.29, 1.82) is 0 Å². The lowest BCUT2D eigenvalue weighted by atomic mass is 9.95. The fourth-order valence-electron chi connectivity index (χ4n) is 1.53. The normalized spacial score (nSPS) is 19.2. The summed E-state index contributed by atoms with van der Waals surface area (Å²) >= 11 is 0. The predicted octanol–water partition coefficient (Wildman–Crippen LogP) is 1.32. The monoisotopic (exact) mass is 169 g/mol. The lowest BCUT2D eigenvalue weighted by Gasteiger charge is -2.30. The molecule has 68 valence electrons. The summed E-state index contributed by atoms with van der Waals surface area (Å²) in [6.07, 6.45) is 1.68. The van der Waals surface area contributed by atoms with Crippen LogP contribution in [0.25, 0.3) is 0 Å². The quantitative estimate of drug-likeness (QED) is 0.601. The van der Waals surface area contributed by atoms with Gasteiger partial charge in [0.1, 0.15) is 0 Å². The third kappa shape index (κ3) is 2.00. The Kier molecular flexibility index (Phi) is 2.74. The van der Waals surface area contributed by atoms with Gasteiger partial charge in [-0.3, -0.25) is 4.79 Å². The molecule has 1 rings (SSSR count). The summed E-state index contributed by atoms with van der Waals surface area (Å²) in [5.41, 5.74) is 0. The number of likely N-dealkylation sites (tertiary alicyclic amines) is 1. The molecule has 3 nitrogen and oxygen atoms in total. The summed E-state index contributed by atoms with van der Waals surface area (Å²) in [5.74, 6) is 0.579. The first-order valence-corrected chi connectivity index (χ1v) is 4.24. The maximum absolute atomic E-state index is 10.9. The van der Waals surface area contributed by atoms with Gasteiger partial charge in [0, 0.05) is 25.9 Å². The molecule has 1 N–H and O–H groups in total. The van der Waals surface area contributed by atoms with Crippen molar-refractivity contribution < 1.29 is 9.90 Å². The van der Waals surface area contributed by atoms with E-state index in [2.05, 4.69) is 6.58 Å². The molecule has 0 radical (unpaired) electrons. The molecule has 0 unspecified atom stereocenters. The number of rotatable bonds is 1. The minimum Gasteiger partial charge on any atom is -0.513 e. The van der Waals surface area contributed by atoms with Crippen LogP contribution < -0.4 is 0 Å². The maximum Gasteiger partial charge on any atom is 0.219 e. The number of piperidine rings is 1. The van der Waals surface area contributed by atoms with Crippen LogP contribution in [0.1, 0.15) is 19.8 Å². The summed E-state index contributed by atoms with van der Waals surface area (Å²) in [4.78, 5) is 12.7. The van der Waals surface area contributed by atoms with Gasteiger partial charge in [0.05, 0.1) is 5.76 Å². The molecule has 1 fully saturated rings. The minimum absolute atomic E-state index is 0.122. The number of hydrogen-bond acceptors (Lipinski definition) is 2. The molecule has 1 amide bonds. The molecule has 1 heterocycles. The number of aliphatic hydroxyl groups excluding tert-OH is 1. The second-order valence-corrected chi connectivity index (χ2v) is 3.27. The Morgan fingerprint density at radius 3 is 2.33 bits per heavy atom. The van der Waals surface area contributed by atoms with Gasteiger partial charge >= 0.3 is 0 Å². The fourth-order valence-corrected chi connectivity index (χ4v) is 1.53. The molecule has 0 aliphatic carbocycles. The fraction of sp³-hybridized carbons (Fsp3) is 0.667.